The Labute approximate surface area is 185 Å². The van der Waals surface area contributed by atoms with Crippen LogP contribution < -0.4 is 5.32 Å². The van der Waals surface area contributed by atoms with E-state index in [1.165, 1.54) is 18.2 Å². The third-order valence-corrected chi connectivity index (χ3v) is 5.37. The molecule has 3 aromatic rings. The van der Waals surface area contributed by atoms with Crippen LogP contribution in [0.1, 0.15) is 24.5 Å². The van der Waals surface area contributed by atoms with Gasteiger partial charge in [0.2, 0.25) is 5.91 Å². The minimum Gasteiger partial charge on any atom is -0.508 e. The maximum absolute atomic E-state index is 13.1. The Hall–Kier alpha value is -3.52. The van der Waals surface area contributed by atoms with Crippen LogP contribution in [0.2, 0.25) is 0 Å². The van der Waals surface area contributed by atoms with Crippen LogP contribution in [-0.4, -0.2) is 51.4 Å². The van der Waals surface area contributed by atoms with Crippen molar-refractivity contribution in [3.8, 4) is 11.5 Å². The van der Waals surface area contributed by atoms with Gasteiger partial charge in [0.1, 0.15) is 17.5 Å². The normalized spacial score (nSPS) is 12.9. The van der Waals surface area contributed by atoms with Crippen molar-refractivity contribution in [2.24, 2.45) is 5.92 Å². The second-order valence-electron chi connectivity index (χ2n) is 7.60. The lowest BCUT2D eigenvalue weighted by atomic mass is 9.94. The molecule has 1 aromatic heterocycles. The molecule has 0 aliphatic heterocycles. The molecule has 2 atom stereocenters. The number of aromatic amines is 1. The maximum Gasteiger partial charge on any atom is 0.328 e. The van der Waals surface area contributed by atoms with Gasteiger partial charge in [-0.3, -0.25) is 4.79 Å². The molecule has 5 N–H and O–H groups in total. The summed E-state index contributed by atoms with van der Waals surface area (Å²) in [6.07, 6.45) is 2.34. The van der Waals surface area contributed by atoms with E-state index in [4.69, 9.17) is 4.74 Å². The van der Waals surface area contributed by atoms with Gasteiger partial charge in [0.25, 0.3) is 0 Å². The molecule has 0 aliphatic carbocycles. The second kappa shape index (κ2) is 10.7. The molecule has 0 spiro atoms. The first-order chi connectivity index (χ1) is 15.4. The van der Waals surface area contributed by atoms with E-state index in [0.717, 1.165) is 16.5 Å². The van der Waals surface area contributed by atoms with Crippen molar-refractivity contribution in [2.45, 2.75) is 32.2 Å². The number of aliphatic hydroxyl groups excluding tert-OH is 1. The Balaban J connectivity index is 1.79. The molecular weight excluding hydrogens is 412 g/mol. The number of para-hydroxylation sites is 1. The van der Waals surface area contributed by atoms with E-state index in [1.807, 2.05) is 30.5 Å². The molecule has 0 bridgehead atoms. The quantitative estimate of drug-likeness (QED) is 0.308. The van der Waals surface area contributed by atoms with Crippen molar-refractivity contribution in [1.82, 2.24) is 10.3 Å². The van der Waals surface area contributed by atoms with Crippen molar-refractivity contribution in [3.63, 3.8) is 0 Å². The summed E-state index contributed by atoms with van der Waals surface area (Å²) in [5.74, 6) is -1.88. The Morgan fingerprint density at radius 2 is 1.88 bits per heavy atom. The zero-order chi connectivity index (χ0) is 23.1. The molecule has 8 nitrogen and oxygen atoms in total. The molecule has 2 aromatic carbocycles. The number of phenols is 2. The highest BCUT2D eigenvalue weighted by Crippen LogP contribution is 2.26. The Bertz CT molecular complexity index is 1080. The van der Waals surface area contributed by atoms with Crippen molar-refractivity contribution >= 4 is 22.8 Å². The summed E-state index contributed by atoms with van der Waals surface area (Å²) in [6, 6.07) is 10.9. The molecule has 32 heavy (non-hydrogen) atoms. The first kappa shape index (κ1) is 23.1. The maximum atomic E-state index is 13.1. The molecule has 0 radical (unpaired) electrons. The summed E-state index contributed by atoms with van der Waals surface area (Å²) in [7, 11) is 0. The van der Waals surface area contributed by atoms with Gasteiger partial charge < -0.3 is 30.4 Å². The number of aliphatic hydroxyl groups is 1. The number of hydrogen-bond acceptors (Lipinski definition) is 6. The van der Waals surface area contributed by atoms with E-state index >= 15 is 0 Å². The highest BCUT2D eigenvalue weighted by atomic mass is 16.5. The SMILES string of the molecule is CCOC(=O)C(Cc1c[nH]c2ccccc12)NC(=O)C(CCO)Cc1ccc(O)cc1O. The summed E-state index contributed by atoms with van der Waals surface area (Å²) < 4.78 is 5.18. The summed E-state index contributed by atoms with van der Waals surface area (Å²) in [5, 5.41) is 32.7. The van der Waals surface area contributed by atoms with Gasteiger partial charge in [-0.05, 0) is 43.0 Å². The van der Waals surface area contributed by atoms with Gasteiger partial charge in [-0.2, -0.15) is 0 Å². The number of nitrogens with one attached hydrogen (secondary N) is 2. The van der Waals surface area contributed by atoms with Crippen LogP contribution in [0.4, 0.5) is 0 Å². The number of carbonyl (C=O) groups is 2. The van der Waals surface area contributed by atoms with Crippen molar-refractivity contribution in [1.29, 1.82) is 0 Å². The highest BCUT2D eigenvalue weighted by Gasteiger charge is 2.28. The van der Waals surface area contributed by atoms with E-state index in [0.29, 0.717) is 5.56 Å². The van der Waals surface area contributed by atoms with E-state index in [2.05, 4.69) is 10.3 Å². The van der Waals surface area contributed by atoms with Crippen LogP contribution in [-0.2, 0) is 27.2 Å². The number of hydrogen-bond donors (Lipinski definition) is 5. The van der Waals surface area contributed by atoms with Crippen LogP contribution in [0, 0.1) is 5.92 Å². The molecule has 0 aliphatic rings. The van der Waals surface area contributed by atoms with Crippen molar-refractivity contribution in [2.75, 3.05) is 13.2 Å². The fourth-order valence-corrected chi connectivity index (χ4v) is 3.72. The molecule has 170 valence electrons. The summed E-state index contributed by atoms with van der Waals surface area (Å²) in [5.41, 5.74) is 2.26. The molecule has 1 amide bonds. The lowest BCUT2D eigenvalue weighted by Gasteiger charge is -2.22. The number of H-pyrrole nitrogens is 1. The molecule has 2 unspecified atom stereocenters. The minimum atomic E-state index is -0.906. The van der Waals surface area contributed by atoms with E-state index < -0.39 is 23.8 Å². The number of fused-ring (bicyclic) bond motifs is 1. The minimum absolute atomic E-state index is 0.0875. The lowest BCUT2D eigenvalue weighted by molar-refractivity contribution is -0.147. The number of aromatic nitrogens is 1. The first-order valence-corrected chi connectivity index (χ1v) is 10.6. The molecule has 8 heteroatoms. The summed E-state index contributed by atoms with van der Waals surface area (Å²) in [6.45, 7) is 1.65. The van der Waals surface area contributed by atoms with Gasteiger partial charge in [0.05, 0.1) is 6.61 Å². The lowest BCUT2D eigenvalue weighted by Crippen LogP contribution is -2.46. The van der Waals surface area contributed by atoms with Gasteiger partial charge in [0, 0.05) is 42.1 Å². The molecule has 1 heterocycles. The number of phenolic OH excluding ortho intramolecular Hbond substituents is 2. The van der Waals surface area contributed by atoms with Crippen LogP contribution in [0.15, 0.2) is 48.7 Å². The number of carbonyl (C=O) groups excluding carboxylic acids is 2. The monoisotopic (exact) mass is 440 g/mol. The summed E-state index contributed by atoms with van der Waals surface area (Å²) >= 11 is 0. The van der Waals surface area contributed by atoms with Gasteiger partial charge in [-0.25, -0.2) is 4.79 Å². The molecule has 0 fully saturated rings. The zero-order valence-corrected chi connectivity index (χ0v) is 17.9. The molecule has 0 saturated heterocycles. The Morgan fingerprint density at radius 3 is 2.59 bits per heavy atom. The van der Waals surface area contributed by atoms with Crippen LogP contribution >= 0.6 is 0 Å². The highest BCUT2D eigenvalue weighted by molar-refractivity contribution is 5.88. The number of ether oxygens (including phenoxy) is 1. The van der Waals surface area contributed by atoms with Crippen LogP contribution in [0.3, 0.4) is 0 Å². The van der Waals surface area contributed by atoms with Gasteiger partial charge in [-0.15, -0.1) is 0 Å². The van der Waals surface area contributed by atoms with Crippen LogP contribution in [0.25, 0.3) is 10.9 Å². The first-order valence-electron chi connectivity index (χ1n) is 10.6. The topological polar surface area (TPSA) is 132 Å². The molecule has 3 rings (SSSR count). The Kier molecular flexibility index (Phi) is 7.72. The van der Waals surface area contributed by atoms with Gasteiger partial charge in [0.15, 0.2) is 0 Å². The fourth-order valence-electron chi connectivity index (χ4n) is 3.72. The average molecular weight is 440 g/mol. The molecular formula is C24H28N2O6. The smallest absolute Gasteiger partial charge is 0.328 e. The number of amides is 1. The predicted molar refractivity (Wildman–Crippen MR) is 119 cm³/mol. The number of esters is 1. The number of rotatable bonds is 10. The van der Waals surface area contributed by atoms with Crippen LogP contribution in [0.5, 0.6) is 11.5 Å². The van der Waals surface area contributed by atoms with Gasteiger partial charge >= 0.3 is 5.97 Å². The zero-order valence-electron chi connectivity index (χ0n) is 17.9. The number of aromatic hydroxyl groups is 2. The third kappa shape index (κ3) is 5.59. The second-order valence-corrected chi connectivity index (χ2v) is 7.60. The standard InChI is InChI=1S/C24H28N2O6/c1-2-32-24(31)21(12-17-14-25-20-6-4-3-5-19(17)20)26-23(30)16(9-10-27)11-15-7-8-18(28)13-22(15)29/h3-8,13-14,16,21,25,27-29H,2,9-12H2,1H3,(H,26,30). The van der Waals surface area contributed by atoms with Crippen molar-refractivity contribution < 1.29 is 29.6 Å². The third-order valence-electron chi connectivity index (χ3n) is 5.37. The predicted octanol–water partition coefficient (Wildman–Crippen LogP) is 2.41. The average Bonchev–Trinajstić information content (AvgIpc) is 3.17. The van der Waals surface area contributed by atoms with E-state index in [9.17, 15) is 24.9 Å². The van der Waals surface area contributed by atoms with E-state index in [1.54, 1.807) is 6.92 Å². The largest absolute Gasteiger partial charge is 0.508 e. The molecule has 0 saturated carbocycles. The Morgan fingerprint density at radius 1 is 1.09 bits per heavy atom. The fraction of sp³-hybridized carbons (Fsp3) is 0.333. The number of benzene rings is 2. The van der Waals surface area contributed by atoms with Crippen molar-refractivity contribution in [3.05, 3.63) is 59.8 Å². The van der Waals surface area contributed by atoms with Gasteiger partial charge in [-0.1, -0.05) is 24.3 Å². The summed E-state index contributed by atoms with van der Waals surface area (Å²) in [4.78, 5) is 28.8. The van der Waals surface area contributed by atoms with E-state index in [-0.39, 0.29) is 44.0 Å².